The minimum Gasteiger partial charge on any atom is -0.367 e. The van der Waals surface area contributed by atoms with Crippen molar-refractivity contribution in [3.63, 3.8) is 0 Å². The van der Waals surface area contributed by atoms with Gasteiger partial charge in [0.2, 0.25) is 0 Å². The van der Waals surface area contributed by atoms with Gasteiger partial charge in [-0.3, -0.25) is 0 Å². The highest BCUT2D eigenvalue weighted by atomic mass is 15.0. The molecule has 2 rings (SSSR count). The minimum atomic E-state index is -0.378. The molecule has 1 atom stereocenters. The Labute approximate surface area is 104 Å². The summed E-state index contributed by atoms with van der Waals surface area (Å²) in [6.45, 7) is 6.55. The van der Waals surface area contributed by atoms with Crippen molar-refractivity contribution in [1.29, 1.82) is 5.26 Å². The summed E-state index contributed by atoms with van der Waals surface area (Å²) in [4.78, 5) is 0. The molecule has 17 heavy (non-hydrogen) atoms. The molecule has 1 aromatic rings. The lowest BCUT2D eigenvalue weighted by molar-refractivity contribution is 0.368. The van der Waals surface area contributed by atoms with Crippen molar-refractivity contribution in [2.24, 2.45) is 5.41 Å². The van der Waals surface area contributed by atoms with Gasteiger partial charge >= 0.3 is 0 Å². The Hall–Kier alpha value is -1.49. The van der Waals surface area contributed by atoms with E-state index in [9.17, 15) is 5.26 Å². The van der Waals surface area contributed by atoms with Gasteiger partial charge in [0, 0.05) is 5.69 Å². The summed E-state index contributed by atoms with van der Waals surface area (Å²) in [6.07, 6.45) is 2.97. The molecule has 2 heteroatoms. The maximum Gasteiger partial charge on any atom is 0.125 e. The van der Waals surface area contributed by atoms with Gasteiger partial charge in [0.25, 0.3) is 0 Å². The van der Waals surface area contributed by atoms with E-state index < -0.39 is 0 Å². The number of hydrogen-bond donors (Lipinski definition) is 1. The fraction of sp³-hybridized carbons (Fsp3) is 0.533. The third-order valence-electron chi connectivity index (χ3n) is 3.62. The number of rotatable bonds is 2. The Morgan fingerprint density at radius 1 is 1.29 bits per heavy atom. The third-order valence-corrected chi connectivity index (χ3v) is 3.62. The molecule has 0 saturated heterocycles. The van der Waals surface area contributed by atoms with Crippen molar-refractivity contribution in [2.45, 2.75) is 45.6 Å². The number of benzene rings is 1. The van der Waals surface area contributed by atoms with Crippen LogP contribution in [0.4, 0.5) is 5.69 Å². The molecule has 1 N–H and O–H groups in total. The molecule has 0 radical (unpaired) electrons. The molecular formula is C15H20N2. The van der Waals surface area contributed by atoms with E-state index >= 15 is 0 Å². The zero-order valence-electron chi connectivity index (χ0n) is 10.9. The number of aryl methyl sites for hydroxylation is 1. The summed E-state index contributed by atoms with van der Waals surface area (Å²) in [5.41, 5.74) is 2.17. The van der Waals surface area contributed by atoms with E-state index in [1.807, 2.05) is 12.1 Å². The van der Waals surface area contributed by atoms with Crippen molar-refractivity contribution in [1.82, 2.24) is 0 Å². The smallest absolute Gasteiger partial charge is 0.125 e. The molecule has 0 bridgehead atoms. The highest BCUT2D eigenvalue weighted by Crippen LogP contribution is 2.44. The van der Waals surface area contributed by atoms with E-state index in [1.54, 1.807) is 0 Å². The molecule has 1 saturated carbocycles. The van der Waals surface area contributed by atoms with Gasteiger partial charge in [0.1, 0.15) is 5.54 Å². The molecule has 0 amide bonds. The van der Waals surface area contributed by atoms with Gasteiger partial charge < -0.3 is 5.32 Å². The summed E-state index contributed by atoms with van der Waals surface area (Å²) >= 11 is 0. The Balaban J connectivity index is 2.20. The van der Waals surface area contributed by atoms with Gasteiger partial charge in [-0.1, -0.05) is 26.0 Å². The van der Waals surface area contributed by atoms with Crippen LogP contribution in [0.2, 0.25) is 0 Å². The van der Waals surface area contributed by atoms with E-state index in [2.05, 4.69) is 44.3 Å². The van der Waals surface area contributed by atoms with E-state index in [4.69, 9.17) is 0 Å². The molecule has 1 unspecified atom stereocenters. The predicted octanol–water partition coefficient (Wildman–Crippen LogP) is 3.88. The second-order valence-corrected chi connectivity index (χ2v) is 6.03. The number of nitrogens with zero attached hydrogens (tertiary/aromatic N) is 1. The third kappa shape index (κ3) is 2.61. The highest BCUT2D eigenvalue weighted by molar-refractivity contribution is 5.50. The zero-order valence-corrected chi connectivity index (χ0v) is 10.9. The standard InChI is InChI=1S/C15H20N2/c1-12-5-4-6-13(9-12)17-15(11-16)8-7-14(2,3)10-15/h4-6,9,17H,7-8,10H2,1-3H3. The molecule has 2 nitrogen and oxygen atoms in total. The summed E-state index contributed by atoms with van der Waals surface area (Å²) in [5, 5.41) is 12.9. The van der Waals surface area contributed by atoms with E-state index in [0.29, 0.717) is 0 Å². The Morgan fingerprint density at radius 3 is 2.59 bits per heavy atom. The fourth-order valence-corrected chi connectivity index (χ4v) is 2.77. The highest BCUT2D eigenvalue weighted by Gasteiger charge is 2.43. The first-order valence-corrected chi connectivity index (χ1v) is 6.21. The molecule has 1 aliphatic carbocycles. The molecule has 0 spiro atoms. The lowest BCUT2D eigenvalue weighted by Crippen LogP contribution is -2.34. The van der Waals surface area contributed by atoms with Crippen LogP contribution in [0.1, 0.15) is 38.7 Å². The largest absolute Gasteiger partial charge is 0.367 e. The predicted molar refractivity (Wildman–Crippen MR) is 70.8 cm³/mol. The lowest BCUT2D eigenvalue weighted by Gasteiger charge is -2.26. The minimum absolute atomic E-state index is 0.270. The molecular weight excluding hydrogens is 208 g/mol. The summed E-state index contributed by atoms with van der Waals surface area (Å²) < 4.78 is 0. The first-order valence-electron chi connectivity index (χ1n) is 6.21. The van der Waals surface area contributed by atoms with Crippen LogP contribution in [-0.2, 0) is 0 Å². The number of nitrogens with one attached hydrogen (secondary N) is 1. The number of nitriles is 1. The van der Waals surface area contributed by atoms with Crippen molar-refractivity contribution >= 4 is 5.69 Å². The Kier molecular flexibility index (Phi) is 2.87. The second-order valence-electron chi connectivity index (χ2n) is 6.03. The van der Waals surface area contributed by atoms with Gasteiger partial charge in [-0.15, -0.1) is 0 Å². The number of anilines is 1. The molecule has 0 heterocycles. The maximum absolute atomic E-state index is 9.47. The van der Waals surface area contributed by atoms with Crippen LogP contribution in [0.3, 0.4) is 0 Å². The molecule has 90 valence electrons. The quantitative estimate of drug-likeness (QED) is 0.833. The van der Waals surface area contributed by atoms with E-state index in [0.717, 1.165) is 24.9 Å². The Morgan fingerprint density at radius 2 is 2.06 bits per heavy atom. The summed E-state index contributed by atoms with van der Waals surface area (Å²) in [5.74, 6) is 0. The van der Waals surface area contributed by atoms with Crippen molar-refractivity contribution in [3.8, 4) is 6.07 Å². The Bertz CT molecular complexity index is 456. The average Bonchev–Trinajstić information content (AvgIpc) is 2.55. The van der Waals surface area contributed by atoms with Crippen LogP contribution in [0.15, 0.2) is 24.3 Å². The van der Waals surface area contributed by atoms with Crippen LogP contribution >= 0.6 is 0 Å². The molecule has 0 aromatic heterocycles. The maximum atomic E-state index is 9.47. The first-order chi connectivity index (χ1) is 7.95. The van der Waals surface area contributed by atoms with Crippen LogP contribution in [0.5, 0.6) is 0 Å². The normalized spacial score (nSPS) is 26.5. The van der Waals surface area contributed by atoms with Crippen LogP contribution in [-0.4, -0.2) is 5.54 Å². The van der Waals surface area contributed by atoms with E-state index in [-0.39, 0.29) is 11.0 Å². The monoisotopic (exact) mass is 228 g/mol. The van der Waals surface area contributed by atoms with Crippen LogP contribution in [0.25, 0.3) is 0 Å². The molecule has 0 aliphatic heterocycles. The second kappa shape index (κ2) is 4.07. The first kappa shape index (κ1) is 12.0. The van der Waals surface area contributed by atoms with Crippen molar-refractivity contribution < 1.29 is 0 Å². The lowest BCUT2D eigenvalue weighted by atomic mass is 9.88. The van der Waals surface area contributed by atoms with Crippen LogP contribution < -0.4 is 5.32 Å². The molecule has 1 fully saturated rings. The summed E-state index contributed by atoms with van der Waals surface area (Å²) in [6, 6.07) is 10.7. The van der Waals surface area contributed by atoms with Crippen molar-refractivity contribution in [3.05, 3.63) is 29.8 Å². The SMILES string of the molecule is Cc1cccc(NC2(C#N)CCC(C)(C)C2)c1. The van der Waals surface area contributed by atoms with Gasteiger partial charge in [0.05, 0.1) is 6.07 Å². The van der Waals surface area contributed by atoms with Crippen LogP contribution in [0, 0.1) is 23.7 Å². The fourth-order valence-electron chi connectivity index (χ4n) is 2.77. The van der Waals surface area contributed by atoms with Gasteiger partial charge in [0.15, 0.2) is 0 Å². The molecule has 1 aliphatic rings. The average molecular weight is 228 g/mol. The van der Waals surface area contributed by atoms with Crippen molar-refractivity contribution in [2.75, 3.05) is 5.32 Å². The van der Waals surface area contributed by atoms with Gasteiger partial charge in [-0.2, -0.15) is 5.26 Å². The van der Waals surface area contributed by atoms with E-state index in [1.165, 1.54) is 5.56 Å². The zero-order chi connectivity index (χ0) is 12.5. The molecule has 1 aromatic carbocycles. The summed E-state index contributed by atoms with van der Waals surface area (Å²) in [7, 11) is 0. The van der Waals surface area contributed by atoms with Gasteiger partial charge in [-0.05, 0) is 49.3 Å². The van der Waals surface area contributed by atoms with Gasteiger partial charge in [-0.25, -0.2) is 0 Å². The topological polar surface area (TPSA) is 35.8 Å². The number of hydrogen-bond acceptors (Lipinski definition) is 2.